The molecule has 0 spiro atoms. The molecule has 0 aliphatic rings. The third-order valence-corrected chi connectivity index (χ3v) is 3.49. The summed E-state index contributed by atoms with van der Waals surface area (Å²) >= 11 is 3.49. The van der Waals surface area contributed by atoms with E-state index in [0.717, 1.165) is 21.6 Å². The molecule has 0 saturated heterocycles. The van der Waals surface area contributed by atoms with Gasteiger partial charge in [0.2, 0.25) is 0 Å². The van der Waals surface area contributed by atoms with Gasteiger partial charge in [-0.25, -0.2) is 4.98 Å². The Bertz CT molecular complexity index is 578. The van der Waals surface area contributed by atoms with Crippen molar-refractivity contribution >= 4 is 21.9 Å². The molecule has 5 heteroatoms. The molecule has 0 bridgehead atoms. The number of carboxylic acids is 1. The highest BCUT2D eigenvalue weighted by atomic mass is 79.9. The predicted octanol–water partition coefficient (Wildman–Crippen LogP) is 2.87. The van der Waals surface area contributed by atoms with E-state index in [1.807, 2.05) is 35.9 Å². The minimum atomic E-state index is -0.793. The Hall–Kier alpha value is -1.62. The molecule has 0 atom stereocenters. The average molecular weight is 309 g/mol. The van der Waals surface area contributed by atoms with E-state index in [1.54, 1.807) is 6.20 Å². The predicted molar refractivity (Wildman–Crippen MR) is 72.3 cm³/mol. The van der Waals surface area contributed by atoms with Gasteiger partial charge in [0.05, 0.1) is 6.42 Å². The van der Waals surface area contributed by atoms with E-state index in [-0.39, 0.29) is 6.42 Å². The van der Waals surface area contributed by atoms with Crippen molar-refractivity contribution in [3.05, 3.63) is 40.6 Å². The van der Waals surface area contributed by atoms with Gasteiger partial charge in [0.1, 0.15) is 5.82 Å². The molecule has 0 radical (unpaired) electrons. The average Bonchev–Trinajstić information content (AvgIpc) is 2.69. The van der Waals surface area contributed by atoms with E-state index >= 15 is 0 Å². The number of hydrogen-bond acceptors (Lipinski definition) is 2. The number of hydrogen-bond donors (Lipinski definition) is 1. The lowest BCUT2D eigenvalue weighted by molar-refractivity contribution is -0.136. The lowest BCUT2D eigenvalue weighted by Crippen LogP contribution is -2.03. The number of benzene rings is 1. The summed E-state index contributed by atoms with van der Waals surface area (Å²) < 4.78 is 2.91. The van der Waals surface area contributed by atoms with E-state index in [1.165, 1.54) is 0 Å². The summed E-state index contributed by atoms with van der Waals surface area (Å²) in [6.07, 6.45) is 2.34. The Labute approximate surface area is 113 Å². The first-order valence-electron chi connectivity index (χ1n) is 5.57. The zero-order chi connectivity index (χ0) is 13.1. The topological polar surface area (TPSA) is 55.1 Å². The number of halogens is 1. The van der Waals surface area contributed by atoms with Crippen LogP contribution >= 0.6 is 15.9 Å². The largest absolute Gasteiger partial charge is 0.481 e. The van der Waals surface area contributed by atoms with Gasteiger partial charge in [-0.1, -0.05) is 34.1 Å². The third kappa shape index (κ3) is 2.61. The minimum absolute atomic E-state index is 0.120. The van der Waals surface area contributed by atoms with Crippen LogP contribution in [0.15, 0.2) is 34.9 Å². The van der Waals surface area contributed by atoms with E-state index < -0.39 is 5.97 Å². The molecule has 0 amide bonds. The van der Waals surface area contributed by atoms with Gasteiger partial charge in [0.15, 0.2) is 0 Å². The molecule has 1 heterocycles. The van der Waals surface area contributed by atoms with Crippen molar-refractivity contribution in [2.24, 2.45) is 7.05 Å². The van der Waals surface area contributed by atoms with Crippen molar-refractivity contribution in [3.63, 3.8) is 0 Å². The van der Waals surface area contributed by atoms with Gasteiger partial charge in [-0.3, -0.25) is 4.79 Å². The molecule has 18 heavy (non-hydrogen) atoms. The Balaban J connectivity index is 2.31. The maximum Gasteiger partial charge on any atom is 0.303 e. The summed E-state index contributed by atoms with van der Waals surface area (Å²) in [5.41, 5.74) is 1.92. The van der Waals surface area contributed by atoms with Crippen molar-refractivity contribution in [3.8, 4) is 11.4 Å². The van der Waals surface area contributed by atoms with E-state index in [0.29, 0.717) is 6.42 Å². The molecule has 2 rings (SSSR count). The molecule has 2 aromatic rings. The highest BCUT2D eigenvalue weighted by Gasteiger charge is 2.11. The molecule has 94 valence electrons. The van der Waals surface area contributed by atoms with Gasteiger partial charge in [0.25, 0.3) is 0 Å². The third-order valence-electron chi connectivity index (χ3n) is 2.79. The number of aryl methyl sites for hydroxylation is 1. The monoisotopic (exact) mass is 308 g/mol. The lowest BCUT2D eigenvalue weighted by Gasteiger charge is -2.06. The first-order chi connectivity index (χ1) is 8.59. The fourth-order valence-corrected chi connectivity index (χ4v) is 2.27. The number of carboxylic acid groups (broad SMARTS) is 1. The molecule has 0 unspecified atom stereocenters. The van der Waals surface area contributed by atoms with Crippen molar-refractivity contribution in [2.45, 2.75) is 12.8 Å². The van der Waals surface area contributed by atoms with Crippen LogP contribution in [-0.2, 0) is 18.3 Å². The maximum atomic E-state index is 10.6. The normalized spacial score (nSPS) is 10.6. The van der Waals surface area contributed by atoms with Crippen molar-refractivity contribution in [1.82, 2.24) is 9.55 Å². The van der Waals surface area contributed by atoms with Gasteiger partial charge < -0.3 is 9.67 Å². The summed E-state index contributed by atoms with van der Waals surface area (Å²) in [6, 6.07) is 7.84. The van der Waals surface area contributed by atoms with Crippen LogP contribution in [0.5, 0.6) is 0 Å². The van der Waals surface area contributed by atoms with E-state index in [2.05, 4.69) is 20.9 Å². The maximum absolute atomic E-state index is 10.6. The molecule has 0 saturated carbocycles. The van der Waals surface area contributed by atoms with Crippen LogP contribution in [0.25, 0.3) is 11.4 Å². The number of imidazole rings is 1. The number of aliphatic carboxylic acids is 1. The molecular weight excluding hydrogens is 296 g/mol. The first kappa shape index (κ1) is 12.8. The second-order valence-corrected chi connectivity index (χ2v) is 4.86. The van der Waals surface area contributed by atoms with Crippen molar-refractivity contribution < 1.29 is 9.90 Å². The number of carbonyl (C=O) groups is 1. The van der Waals surface area contributed by atoms with Gasteiger partial charge in [-0.05, 0) is 12.5 Å². The SMILES string of the molecule is Cn1c(CCC(=O)O)cnc1-c1ccccc1Br. The Kier molecular flexibility index (Phi) is 3.81. The fourth-order valence-electron chi connectivity index (χ4n) is 1.80. The van der Waals surface area contributed by atoms with Crippen LogP contribution in [0.2, 0.25) is 0 Å². The van der Waals surface area contributed by atoms with Crippen LogP contribution in [0.3, 0.4) is 0 Å². The van der Waals surface area contributed by atoms with Crippen LogP contribution < -0.4 is 0 Å². The highest BCUT2D eigenvalue weighted by molar-refractivity contribution is 9.10. The second kappa shape index (κ2) is 5.35. The molecule has 1 N–H and O–H groups in total. The molecule has 0 fully saturated rings. The minimum Gasteiger partial charge on any atom is -0.481 e. The summed E-state index contributed by atoms with van der Waals surface area (Å²) in [5.74, 6) is 0.0431. The van der Waals surface area contributed by atoms with Crippen molar-refractivity contribution in [1.29, 1.82) is 0 Å². The molecule has 0 aliphatic heterocycles. The first-order valence-corrected chi connectivity index (χ1v) is 6.36. The summed E-state index contributed by atoms with van der Waals surface area (Å²) in [7, 11) is 1.90. The van der Waals surface area contributed by atoms with Crippen LogP contribution in [0, 0.1) is 0 Å². The highest BCUT2D eigenvalue weighted by Crippen LogP contribution is 2.27. The standard InChI is InChI=1S/C13H13BrN2O2/c1-16-9(6-7-12(17)18)8-15-13(16)10-4-2-3-5-11(10)14/h2-5,8H,6-7H2,1H3,(H,17,18). The fraction of sp³-hybridized carbons (Fsp3) is 0.231. The molecule has 0 aliphatic carbocycles. The summed E-state index contributed by atoms with van der Waals surface area (Å²) in [5, 5.41) is 8.70. The Morgan fingerprint density at radius 1 is 1.44 bits per heavy atom. The second-order valence-electron chi connectivity index (χ2n) is 4.01. The van der Waals surface area contributed by atoms with E-state index in [9.17, 15) is 4.79 Å². The quantitative estimate of drug-likeness (QED) is 0.945. The van der Waals surface area contributed by atoms with Crippen LogP contribution in [0.4, 0.5) is 0 Å². The van der Waals surface area contributed by atoms with Gasteiger partial charge in [0, 0.05) is 29.0 Å². The Morgan fingerprint density at radius 2 is 2.17 bits per heavy atom. The lowest BCUT2D eigenvalue weighted by atomic mass is 10.2. The van der Waals surface area contributed by atoms with Gasteiger partial charge in [-0.15, -0.1) is 0 Å². The Morgan fingerprint density at radius 3 is 2.83 bits per heavy atom. The summed E-state index contributed by atoms with van der Waals surface area (Å²) in [4.78, 5) is 14.9. The van der Waals surface area contributed by atoms with Gasteiger partial charge >= 0.3 is 5.97 Å². The van der Waals surface area contributed by atoms with Gasteiger partial charge in [-0.2, -0.15) is 0 Å². The molecule has 1 aromatic carbocycles. The number of rotatable bonds is 4. The van der Waals surface area contributed by atoms with Crippen LogP contribution in [0.1, 0.15) is 12.1 Å². The van der Waals surface area contributed by atoms with Crippen LogP contribution in [-0.4, -0.2) is 20.6 Å². The number of nitrogens with zero attached hydrogens (tertiary/aromatic N) is 2. The zero-order valence-electron chi connectivity index (χ0n) is 9.93. The van der Waals surface area contributed by atoms with Crippen molar-refractivity contribution in [2.75, 3.05) is 0 Å². The molecule has 1 aromatic heterocycles. The summed E-state index contributed by atoms with van der Waals surface area (Å²) in [6.45, 7) is 0. The smallest absolute Gasteiger partial charge is 0.303 e. The molecular formula is C13H13BrN2O2. The molecule has 4 nitrogen and oxygen atoms in total. The zero-order valence-corrected chi connectivity index (χ0v) is 11.5. The number of aromatic nitrogens is 2. The van der Waals surface area contributed by atoms with E-state index in [4.69, 9.17) is 5.11 Å².